The zero-order valence-electron chi connectivity index (χ0n) is 10.3. The van der Waals surface area contributed by atoms with Gasteiger partial charge in [0.05, 0.1) is 5.02 Å². The molecule has 2 aromatic rings. The van der Waals surface area contributed by atoms with Crippen molar-refractivity contribution >= 4 is 28.5 Å². The number of aromatic nitrogens is 1. The predicted octanol–water partition coefficient (Wildman–Crippen LogP) is 3.30. The van der Waals surface area contributed by atoms with Crippen molar-refractivity contribution in [2.24, 2.45) is 0 Å². The van der Waals surface area contributed by atoms with Gasteiger partial charge in [0.15, 0.2) is 0 Å². The van der Waals surface area contributed by atoms with E-state index in [2.05, 4.69) is 4.98 Å². The van der Waals surface area contributed by atoms with E-state index in [9.17, 15) is 4.79 Å². The summed E-state index contributed by atoms with van der Waals surface area (Å²) in [5.74, 6) is -0.404. The fraction of sp³-hybridized carbons (Fsp3) is 0.143. The highest BCUT2D eigenvalue weighted by molar-refractivity contribution is 6.35. The van der Waals surface area contributed by atoms with Gasteiger partial charge in [-0.15, -0.1) is 0 Å². The molecule has 0 aliphatic rings. The largest absolute Gasteiger partial charge is 0.487 e. The molecular formula is C14H12ClNO3. The van der Waals surface area contributed by atoms with Crippen LogP contribution < -0.4 is 4.74 Å². The lowest BCUT2D eigenvalue weighted by Crippen LogP contribution is -2.02. The van der Waals surface area contributed by atoms with Gasteiger partial charge >= 0.3 is 5.97 Å². The minimum Gasteiger partial charge on any atom is -0.487 e. The van der Waals surface area contributed by atoms with Gasteiger partial charge in [-0.25, -0.2) is 4.79 Å². The highest BCUT2D eigenvalue weighted by Crippen LogP contribution is 2.29. The Balaban J connectivity index is 2.27. The van der Waals surface area contributed by atoms with Gasteiger partial charge in [-0.3, -0.25) is 4.98 Å². The quantitative estimate of drug-likeness (QED) is 0.871. The second-order valence-electron chi connectivity index (χ2n) is 4.06. The smallest absolute Gasteiger partial charge is 0.328 e. The summed E-state index contributed by atoms with van der Waals surface area (Å²) >= 11 is 6.08. The van der Waals surface area contributed by atoms with Crippen LogP contribution in [0.1, 0.15) is 6.92 Å². The van der Waals surface area contributed by atoms with E-state index < -0.39 is 5.97 Å². The molecular weight excluding hydrogens is 266 g/mol. The van der Waals surface area contributed by atoms with Crippen LogP contribution in [0.2, 0.25) is 5.02 Å². The average molecular weight is 278 g/mol. The summed E-state index contributed by atoms with van der Waals surface area (Å²) in [5, 5.41) is 10.0. The van der Waals surface area contributed by atoms with Gasteiger partial charge in [0.1, 0.15) is 17.9 Å². The normalized spacial score (nSPS) is 11.6. The average Bonchev–Trinajstić information content (AvgIpc) is 2.37. The summed E-state index contributed by atoms with van der Waals surface area (Å²) in [7, 11) is 0. The van der Waals surface area contributed by atoms with E-state index in [1.807, 2.05) is 6.07 Å². The van der Waals surface area contributed by atoms with Crippen LogP contribution in [0.15, 0.2) is 42.1 Å². The van der Waals surface area contributed by atoms with E-state index in [1.165, 1.54) is 0 Å². The van der Waals surface area contributed by atoms with Crippen LogP contribution in [0.3, 0.4) is 0 Å². The standard InChI is InChI=1S/C14H12ClNO3/c1-9(7-13(17)18)8-19-12-5-4-11(15)10-3-2-6-16-14(10)12/h2-7H,8H2,1H3,(H,17,18)/b9-7+. The molecule has 0 spiro atoms. The molecule has 0 amide bonds. The maximum Gasteiger partial charge on any atom is 0.328 e. The first-order valence-corrected chi connectivity index (χ1v) is 6.02. The lowest BCUT2D eigenvalue weighted by molar-refractivity contribution is -0.131. The zero-order chi connectivity index (χ0) is 13.8. The molecule has 0 aliphatic carbocycles. The van der Waals surface area contributed by atoms with E-state index in [1.54, 1.807) is 31.3 Å². The van der Waals surface area contributed by atoms with Crippen molar-refractivity contribution in [3.05, 3.63) is 47.1 Å². The van der Waals surface area contributed by atoms with E-state index in [-0.39, 0.29) is 6.61 Å². The number of benzene rings is 1. The number of hydrogen-bond donors (Lipinski definition) is 1. The van der Waals surface area contributed by atoms with Crippen LogP contribution in [-0.2, 0) is 4.79 Å². The summed E-state index contributed by atoms with van der Waals surface area (Å²) in [6, 6.07) is 7.12. The summed E-state index contributed by atoms with van der Waals surface area (Å²) < 4.78 is 5.58. The van der Waals surface area contributed by atoms with Gasteiger partial charge in [0, 0.05) is 17.7 Å². The van der Waals surface area contributed by atoms with Crippen molar-refractivity contribution in [3.8, 4) is 5.75 Å². The number of nitrogens with zero attached hydrogens (tertiary/aromatic N) is 1. The second-order valence-corrected chi connectivity index (χ2v) is 4.47. The molecule has 1 heterocycles. The number of aliphatic carboxylic acids is 1. The molecule has 1 aromatic heterocycles. The number of ether oxygens (including phenoxy) is 1. The maximum atomic E-state index is 10.5. The van der Waals surface area contributed by atoms with Crippen molar-refractivity contribution in [1.82, 2.24) is 4.98 Å². The Kier molecular flexibility index (Phi) is 4.02. The highest BCUT2D eigenvalue weighted by Gasteiger charge is 2.07. The number of carboxylic acid groups (broad SMARTS) is 1. The van der Waals surface area contributed by atoms with E-state index in [0.29, 0.717) is 21.9 Å². The van der Waals surface area contributed by atoms with Gasteiger partial charge in [-0.1, -0.05) is 11.6 Å². The molecule has 0 atom stereocenters. The Labute approximate surface area is 115 Å². The number of rotatable bonds is 4. The summed E-state index contributed by atoms with van der Waals surface area (Å²) in [5.41, 5.74) is 1.28. The molecule has 4 nitrogen and oxygen atoms in total. The molecule has 0 saturated heterocycles. The monoisotopic (exact) mass is 277 g/mol. The Hall–Kier alpha value is -2.07. The number of hydrogen-bond acceptors (Lipinski definition) is 3. The number of halogens is 1. The van der Waals surface area contributed by atoms with Gasteiger partial charge < -0.3 is 9.84 Å². The van der Waals surface area contributed by atoms with Crippen LogP contribution in [0.4, 0.5) is 0 Å². The van der Waals surface area contributed by atoms with Gasteiger partial charge in [0.25, 0.3) is 0 Å². The van der Waals surface area contributed by atoms with Crippen LogP contribution >= 0.6 is 11.6 Å². The number of fused-ring (bicyclic) bond motifs is 1. The fourth-order valence-electron chi connectivity index (χ4n) is 1.67. The highest BCUT2D eigenvalue weighted by atomic mass is 35.5. The molecule has 2 rings (SSSR count). The second kappa shape index (κ2) is 5.71. The Morgan fingerprint density at radius 1 is 1.47 bits per heavy atom. The van der Waals surface area contributed by atoms with Crippen LogP contribution in [0.25, 0.3) is 10.9 Å². The molecule has 0 bridgehead atoms. The minimum absolute atomic E-state index is 0.194. The lowest BCUT2D eigenvalue weighted by Gasteiger charge is -2.09. The summed E-state index contributed by atoms with van der Waals surface area (Å²) in [6.07, 6.45) is 2.77. The predicted molar refractivity (Wildman–Crippen MR) is 73.6 cm³/mol. The van der Waals surface area contributed by atoms with E-state index >= 15 is 0 Å². The van der Waals surface area contributed by atoms with Gasteiger partial charge in [-0.05, 0) is 36.8 Å². The number of pyridine rings is 1. The summed E-state index contributed by atoms with van der Waals surface area (Å²) in [4.78, 5) is 14.8. The van der Waals surface area contributed by atoms with Crippen molar-refractivity contribution in [1.29, 1.82) is 0 Å². The molecule has 0 saturated carbocycles. The SMILES string of the molecule is C/C(=C\C(=O)O)COc1ccc(Cl)c2cccnc12. The third kappa shape index (κ3) is 3.23. The van der Waals surface area contributed by atoms with Crippen molar-refractivity contribution < 1.29 is 14.6 Å². The van der Waals surface area contributed by atoms with Crippen LogP contribution in [0.5, 0.6) is 5.75 Å². The third-order valence-electron chi connectivity index (χ3n) is 2.50. The number of carbonyl (C=O) groups is 1. The first kappa shape index (κ1) is 13.4. The fourth-order valence-corrected chi connectivity index (χ4v) is 1.89. The number of carboxylic acids is 1. The topological polar surface area (TPSA) is 59.4 Å². The first-order valence-electron chi connectivity index (χ1n) is 5.64. The molecule has 1 N–H and O–H groups in total. The first-order chi connectivity index (χ1) is 9.08. The zero-order valence-corrected chi connectivity index (χ0v) is 11.0. The molecule has 98 valence electrons. The molecule has 0 unspecified atom stereocenters. The lowest BCUT2D eigenvalue weighted by atomic mass is 10.2. The minimum atomic E-state index is -0.986. The van der Waals surface area contributed by atoms with Crippen molar-refractivity contribution in [3.63, 3.8) is 0 Å². The Morgan fingerprint density at radius 3 is 3.00 bits per heavy atom. The van der Waals surface area contributed by atoms with Crippen molar-refractivity contribution in [2.45, 2.75) is 6.92 Å². The Bertz CT molecular complexity index is 652. The summed E-state index contributed by atoms with van der Waals surface area (Å²) in [6.45, 7) is 1.89. The maximum absolute atomic E-state index is 10.5. The van der Waals surface area contributed by atoms with Gasteiger partial charge in [-0.2, -0.15) is 0 Å². The molecule has 0 fully saturated rings. The molecule has 0 aliphatic heterocycles. The third-order valence-corrected chi connectivity index (χ3v) is 2.83. The molecule has 0 radical (unpaired) electrons. The Morgan fingerprint density at radius 2 is 2.26 bits per heavy atom. The molecule has 1 aromatic carbocycles. The van der Waals surface area contributed by atoms with E-state index in [0.717, 1.165) is 11.5 Å². The van der Waals surface area contributed by atoms with E-state index in [4.69, 9.17) is 21.4 Å². The molecule has 19 heavy (non-hydrogen) atoms. The van der Waals surface area contributed by atoms with Crippen molar-refractivity contribution in [2.75, 3.05) is 6.61 Å². The molecule has 5 heteroatoms. The van der Waals surface area contributed by atoms with Crippen LogP contribution in [0, 0.1) is 0 Å². The van der Waals surface area contributed by atoms with Crippen LogP contribution in [-0.4, -0.2) is 22.7 Å². The van der Waals surface area contributed by atoms with Gasteiger partial charge in [0.2, 0.25) is 0 Å².